The van der Waals surface area contributed by atoms with Gasteiger partial charge in [0.25, 0.3) is 0 Å². The summed E-state index contributed by atoms with van der Waals surface area (Å²) in [5, 5.41) is 11.0. The summed E-state index contributed by atoms with van der Waals surface area (Å²) in [6, 6.07) is 3.79. The van der Waals surface area contributed by atoms with Crippen LogP contribution in [0.4, 0.5) is 18.9 Å². The highest BCUT2D eigenvalue weighted by Gasteiger charge is 2.33. The summed E-state index contributed by atoms with van der Waals surface area (Å²) in [5.41, 5.74) is -0.816. The molecule has 0 aliphatic heterocycles. The number of halogens is 4. The van der Waals surface area contributed by atoms with E-state index in [-0.39, 0.29) is 25.1 Å². The van der Waals surface area contributed by atoms with Gasteiger partial charge in [-0.3, -0.25) is 4.79 Å². The van der Waals surface area contributed by atoms with Crippen LogP contribution in [0.5, 0.6) is 0 Å². The molecule has 0 aromatic heterocycles. The SMILES string of the molecule is O=C(O)CCCNc1ccc(Br)cc1C(F)(F)F. The second kappa shape index (κ2) is 6.08. The van der Waals surface area contributed by atoms with Gasteiger partial charge in [0, 0.05) is 23.1 Å². The number of anilines is 1. The topological polar surface area (TPSA) is 49.3 Å². The van der Waals surface area contributed by atoms with Crippen LogP contribution in [-0.2, 0) is 11.0 Å². The summed E-state index contributed by atoms with van der Waals surface area (Å²) in [5.74, 6) is -0.969. The van der Waals surface area contributed by atoms with Crippen molar-refractivity contribution in [1.29, 1.82) is 0 Å². The van der Waals surface area contributed by atoms with Gasteiger partial charge in [0.15, 0.2) is 0 Å². The molecular formula is C11H11BrF3NO2. The molecule has 1 rings (SSSR count). The minimum Gasteiger partial charge on any atom is -0.481 e. The predicted molar refractivity (Wildman–Crippen MR) is 64.5 cm³/mol. The minimum absolute atomic E-state index is 0.0453. The summed E-state index contributed by atoms with van der Waals surface area (Å²) in [4.78, 5) is 10.3. The first kappa shape index (κ1) is 14.8. The third-order valence-corrected chi connectivity index (χ3v) is 2.66. The van der Waals surface area contributed by atoms with E-state index in [2.05, 4.69) is 21.2 Å². The zero-order valence-electron chi connectivity index (χ0n) is 9.22. The Kier molecular flexibility index (Phi) is 5.01. The Balaban J connectivity index is 2.73. The molecule has 0 bridgehead atoms. The van der Waals surface area contributed by atoms with E-state index in [1.165, 1.54) is 12.1 Å². The lowest BCUT2D eigenvalue weighted by Crippen LogP contribution is -2.12. The maximum atomic E-state index is 12.7. The van der Waals surface area contributed by atoms with Crippen molar-refractivity contribution >= 4 is 27.6 Å². The molecule has 0 saturated heterocycles. The Bertz CT molecular complexity index is 435. The first-order valence-corrected chi connectivity index (χ1v) is 5.92. The van der Waals surface area contributed by atoms with Crippen LogP contribution in [0.1, 0.15) is 18.4 Å². The number of carboxylic acid groups (broad SMARTS) is 1. The molecule has 0 unspecified atom stereocenters. The average molecular weight is 326 g/mol. The van der Waals surface area contributed by atoms with Crippen LogP contribution in [0.15, 0.2) is 22.7 Å². The Hall–Kier alpha value is -1.24. The number of carboxylic acids is 1. The first-order chi connectivity index (χ1) is 8.30. The van der Waals surface area contributed by atoms with Gasteiger partial charge in [0.05, 0.1) is 5.56 Å². The molecule has 0 heterocycles. The molecule has 0 amide bonds. The summed E-state index contributed by atoms with van der Waals surface area (Å²) >= 11 is 2.98. The van der Waals surface area contributed by atoms with Gasteiger partial charge in [-0.25, -0.2) is 0 Å². The second-order valence-electron chi connectivity index (χ2n) is 3.61. The zero-order valence-corrected chi connectivity index (χ0v) is 10.8. The van der Waals surface area contributed by atoms with Crippen molar-refractivity contribution in [2.75, 3.05) is 11.9 Å². The van der Waals surface area contributed by atoms with Gasteiger partial charge in [0.2, 0.25) is 0 Å². The number of nitrogens with one attached hydrogen (secondary N) is 1. The third kappa shape index (κ3) is 4.56. The monoisotopic (exact) mass is 325 g/mol. The van der Waals surface area contributed by atoms with Crippen molar-refractivity contribution in [3.63, 3.8) is 0 Å². The van der Waals surface area contributed by atoms with Crippen molar-refractivity contribution in [2.24, 2.45) is 0 Å². The number of benzene rings is 1. The van der Waals surface area contributed by atoms with Crippen molar-refractivity contribution in [1.82, 2.24) is 0 Å². The quantitative estimate of drug-likeness (QED) is 0.811. The third-order valence-electron chi connectivity index (χ3n) is 2.17. The van der Waals surface area contributed by atoms with Crippen LogP contribution in [0.3, 0.4) is 0 Å². The molecule has 0 aliphatic rings. The van der Waals surface area contributed by atoms with Gasteiger partial charge >= 0.3 is 12.1 Å². The first-order valence-electron chi connectivity index (χ1n) is 5.13. The normalized spacial score (nSPS) is 11.3. The Morgan fingerprint density at radius 2 is 2.06 bits per heavy atom. The van der Waals surface area contributed by atoms with Gasteiger partial charge in [-0.2, -0.15) is 13.2 Å². The molecule has 7 heteroatoms. The highest BCUT2D eigenvalue weighted by molar-refractivity contribution is 9.10. The lowest BCUT2D eigenvalue weighted by Gasteiger charge is -2.14. The van der Waals surface area contributed by atoms with E-state index in [1.807, 2.05) is 0 Å². The molecule has 0 fully saturated rings. The van der Waals surface area contributed by atoms with Crippen LogP contribution in [0.25, 0.3) is 0 Å². The van der Waals surface area contributed by atoms with Crippen molar-refractivity contribution in [3.05, 3.63) is 28.2 Å². The number of hydrogen-bond donors (Lipinski definition) is 2. The van der Waals surface area contributed by atoms with Gasteiger partial charge in [-0.15, -0.1) is 0 Å². The molecule has 1 aromatic rings. The Labute approximate surface area is 110 Å². The molecule has 2 N–H and O–H groups in total. The zero-order chi connectivity index (χ0) is 13.8. The average Bonchev–Trinajstić information content (AvgIpc) is 2.24. The van der Waals surface area contributed by atoms with E-state index in [1.54, 1.807) is 0 Å². The molecule has 1 aromatic carbocycles. The molecule has 18 heavy (non-hydrogen) atoms. The minimum atomic E-state index is -4.45. The fourth-order valence-electron chi connectivity index (χ4n) is 1.37. The molecule has 0 spiro atoms. The van der Waals surface area contributed by atoms with E-state index < -0.39 is 17.7 Å². The molecule has 0 saturated carbocycles. The van der Waals surface area contributed by atoms with Crippen LogP contribution in [0.2, 0.25) is 0 Å². The number of carbonyl (C=O) groups is 1. The van der Waals surface area contributed by atoms with Crippen LogP contribution in [0, 0.1) is 0 Å². The number of rotatable bonds is 5. The predicted octanol–water partition coefficient (Wildman–Crippen LogP) is 3.74. The lowest BCUT2D eigenvalue weighted by atomic mass is 10.1. The van der Waals surface area contributed by atoms with Gasteiger partial charge in [-0.1, -0.05) is 15.9 Å². The highest BCUT2D eigenvalue weighted by Crippen LogP contribution is 2.36. The Morgan fingerprint density at radius 1 is 1.39 bits per heavy atom. The molecule has 100 valence electrons. The van der Waals surface area contributed by atoms with Crippen molar-refractivity contribution < 1.29 is 23.1 Å². The highest BCUT2D eigenvalue weighted by atomic mass is 79.9. The largest absolute Gasteiger partial charge is 0.481 e. The summed E-state index contributed by atoms with van der Waals surface area (Å²) in [7, 11) is 0. The maximum absolute atomic E-state index is 12.7. The number of alkyl halides is 3. The summed E-state index contributed by atoms with van der Waals surface area (Å²) < 4.78 is 38.5. The fourth-order valence-corrected chi connectivity index (χ4v) is 1.73. The smallest absolute Gasteiger partial charge is 0.418 e. The van der Waals surface area contributed by atoms with Crippen molar-refractivity contribution in [2.45, 2.75) is 19.0 Å². The van der Waals surface area contributed by atoms with E-state index in [0.29, 0.717) is 4.47 Å². The second-order valence-corrected chi connectivity index (χ2v) is 4.53. The van der Waals surface area contributed by atoms with E-state index >= 15 is 0 Å². The number of hydrogen-bond acceptors (Lipinski definition) is 2. The molecule has 0 atom stereocenters. The fraction of sp³-hybridized carbons (Fsp3) is 0.364. The maximum Gasteiger partial charge on any atom is 0.418 e. The molecule has 0 radical (unpaired) electrons. The summed E-state index contributed by atoms with van der Waals surface area (Å²) in [6.45, 7) is 0.178. The van der Waals surface area contributed by atoms with Crippen LogP contribution >= 0.6 is 15.9 Å². The molecule has 0 aliphatic carbocycles. The molecule has 3 nitrogen and oxygen atoms in total. The van der Waals surface area contributed by atoms with Crippen LogP contribution < -0.4 is 5.32 Å². The van der Waals surface area contributed by atoms with Gasteiger partial charge in [0.1, 0.15) is 0 Å². The summed E-state index contributed by atoms with van der Waals surface area (Å²) in [6.07, 6.45) is -4.26. The number of aliphatic carboxylic acids is 1. The van der Waals surface area contributed by atoms with Gasteiger partial charge in [-0.05, 0) is 24.6 Å². The van der Waals surface area contributed by atoms with Crippen LogP contribution in [-0.4, -0.2) is 17.6 Å². The molecular weight excluding hydrogens is 315 g/mol. The van der Waals surface area contributed by atoms with Crippen molar-refractivity contribution in [3.8, 4) is 0 Å². The van der Waals surface area contributed by atoms with Gasteiger partial charge < -0.3 is 10.4 Å². The van der Waals surface area contributed by atoms with E-state index in [4.69, 9.17) is 5.11 Å². The lowest BCUT2D eigenvalue weighted by molar-refractivity contribution is -0.138. The Morgan fingerprint density at radius 3 is 2.61 bits per heavy atom. The standard InChI is InChI=1S/C11H11BrF3NO2/c12-7-3-4-9(8(6-7)11(13,14)15)16-5-1-2-10(17)18/h3-4,6,16H,1-2,5H2,(H,17,18). The van der Waals surface area contributed by atoms with E-state index in [9.17, 15) is 18.0 Å². The van der Waals surface area contributed by atoms with E-state index in [0.717, 1.165) is 6.07 Å².